The Hall–Kier alpha value is -5.83. The number of hydrogen-bond donors (Lipinski definition) is 6. The lowest BCUT2D eigenvalue weighted by atomic mass is 9.94. The fourth-order valence-electron chi connectivity index (χ4n) is 5.15. The van der Waals surface area contributed by atoms with E-state index in [2.05, 4.69) is 21.1 Å². The van der Waals surface area contributed by atoms with Gasteiger partial charge in [0.25, 0.3) is 30.4 Å². The number of allylic oxidation sites excluding steroid dienone is 2. The highest BCUT2D eigenvalue weighted by Crippen LogP contribution is 2.30. The van der Waals surface area contributed by atoms with E-state index in [0.717, 1.165) is 30.4 Å². The standard InChI is InChI=1S/C32H23N5O11S3/c33-21-5-11-25-19(13-21)15-27(50(43,44)45)29(31(25)38)36-34-22-6-1-17(2-7-22)18-3-8-23(9-4-18)35-37-30-28(51(46,47)48)16-20-14-24(49(40,41)42)10-12-26(20)32(30)39/h1-16,34-35H,33H2,(H,40,41,42)(H,43,44,45)(H,46,47,48)/b36-29+,37-30-. The lowest BCUT2D eigenvalue weighted by Crippen LogP contribution is -2.27. The Kier molecular flexibility index (Phi) is 8.79. The number of benzene rings is 4. The van der Waals surface area contributed by atoms with Gasteiger partial charge in [0.2, 0.25) is 11.6 Å². The Labute approximate surface area is 290 Å². The number of rotatable bonds is 8. The SMILES string of the molecule is Nc1ccc2c(c1)C=C(S(=O)(=O)O)/C(=N\Nc1ccc(-c3ccc(N/N=C4\C(=O)c5ccc(S(=O)(=O)O)cc5C=C4S(=O)(=O)O)cc3)cc1)C2=O. The second kappa shape index (κ2) is 12.8. The van der Waals surface area contributed by atoms with Gasteiger partial charge in [-0.1, -0.05) is 24.3 Å². The maximum Gasteiger partial charge on any atom is 0.296 e. The van der Waals surface area contributed by atoms with Crippen LogP contribution < -0.4 is 16.6 Å². The number of nitrogens with two attached hydrogens (primary N) is 1. The molecule has 4 aromatic carbocycles. The number of nitrogen functional groups attached to an aromatic ring is 1. The highest BCUT2D eigenvalue weighted by Gasteiger charge is 2.34. The summed E-state index contributed by atoms with van der Waals surface area (Å²) < 4.78 is 100. The molecule has 4 aromatic rings. The van der Waals surface area contributed by atoms with E-state index in [1.54, 1.807) is 48.5 Å². The summed E-state index contributed by atoms with van der Waals surface area (Å²) in [7, 11) is -14.5. The van der Waals surface area contributed by atoms with Crippen molar-refractivity contribution in [1.29, 1.82) is 0 Å². The second-order valence-corrected chi connectivity index (χ2v) is 15.2. The number of hydrazone groups is 2. The Balaban J connectivity index is 1.19. The Bertz CT molecular complexity index is 2630. The molecule has 0 bridgehead atoms. The Morgan fingerprint density at radius 1 is 0.529 bits per heavy atom. The molecule has 6 rings (SSSR count). The van der Waals surface area contributed by atoms with E-state index >= 15 is 0 Å². The number of fused-ring (bicyclic) bond motifs is 2. The van der Waals surface area contributed by atoms with Gasteiger partial charge in [-0.15, -0.1) is 0 Å². The van der Waals surface area contributed by atoms with E-state index < -0.39 is 68.0 Å². The van der Waals surface area contributed by atoms with Crippen molar-refractivity contribution in [3.05, 3.63) is 117 Å². The normalized spacial score (nSPS) is 16.3. The molecule has 0 saturated carbocycles. The topological polar surface area (TPSA) is 272 Å². The van der Waals surface area contributed by atoms with Gasteiger partial charge in [-0.05, 0) is 95.1 Å². The molecule has 2 aliphatic carbocycles. The van der Waals surface area contributed by atoms with Crippen molar-refractivity contribution in [2.45, 2.75) is 4.90 Å². The van der Waals surface area contributed by atoms with E-state index in [1.807, 2.05) is 0 Å². The minimum Gasteiger partial charge on any atom is -0.399 e. The van der Waals surface area contributed by atoms with Gasteiger partial charge < -0.3 is 5.73 Å². The van der Waals surface area contributed by atoms with Crippen LogP contribution in [0.2, 0.25) is 0 Å². The van der Waals surface area contributed by atoms with E-state index in [0.29, 0.717) is 28.2 Å². The fraction of sp³-hybridized carbons (Fsp3) is 0. The Morgan fingerprint density at radius 3 is 1.35 bits per heavy atom. The Morgan fingerprint density at radius 2 is 0.941 bits per heavy atom. The molecule has 260 valence electrons. The molecule has 0 heterocycles. The minimum absolute atomic E-state index is 0.119. The van der Waals surface area contributed by atoms with Gasteiger partial charge in [-0.3, -0.25) is 34.1 Å². The van der Waals surface area contributed by atoms with Crippen molar-refractivity contribution in [2.75, 3.05) is 16.6 Å². The predicted octanol–water partition coefficient (Wildman–Crippen LogP) is 3.97. The van der Waals surface area contributed by atoms with Crippen LogP contribution in [0, 0.1) is 0 Å². The lowest BCUT2D eigenvalue weighted by molar-refractivity contribution is 0.105. The summed E-state index contributed by atoms with van der Waals surface area (Å²) in [6, 6.07) is 20.3. The maximum absolute atomic E-state index is 13.1. The number of ketones is 2. The number of carbonyl (C=O) groups is 2. The van der Waals surface area contributed by atoms with Gasteiger partial charge in [-0.25, -0.2) is 0 Å². The largest absolute Gasteiger partial charge is 0.399 e. The van der Waals surface area contributed by atoms with Gasteiger partial charge in [0.1, 0.15) is 9.81 Å². The lowest BCUT2D eigenvalue weighted by Gasteiger charge is -2.17. The van der Waals surface area contributed by atoms with Crippen LogP contribution in [0.25, 0.3) is 23.3 Å². The summed E-state index contributed by atoms with van der Waals surface area (Å²) in [6.45, 7) is 0. The third kappa shape index (κ3) is 7.24. The first-order valence-corrected chi connectivity index (χ1v) is 18.6. The quantitative estimate of drug-likeness (QED) is 0.0845. The number of nitrogens with zero attached hydrogens (tertiary/aromatic N) is 2. The molecular formula is C32H23N5O11S3. The predicted molar refractivity (Wildman–Crippen MR) is 189 cm³/mol. The van der Waals surface area contributed by atoms with E-state index in [9.17, 15) is 48.5 Å². The first kappa shape index (κ1) is 35.0. The average Bonchev–Trinajstić information content (AvgIpc) is 3.06. The number of Topliss-reactive ketones (excluding diaryl/α,β-unsaturated/α-hetero) is 2. The monoisotopic (exact) mass is 749 g/mol. The third-order valence-electron chi connectivity index (χ3n) is 7.61. The summed E-state index contributed by atoms with van der Waals surface area (Å²) in [5.74, 6) is -1.67. The van der Waals surface area contributed by atoms with Crippen molar-refractivity contribution in [2.24, 2.45) is 10.2 Å². The van der Waals surface area contributed by atoms with E-state index in [-0.39, 0.29) is 22.3 Å². The van der Waals surface area contributed by atoms with Gasteiger partial charge in [0, 0.05) is 16.8 Å². The molecule has 19 heteroatoms. The van der Waals surface area contributed by atoms with Crippen molar-refractivity contribution in [3.8, 4) is 11.1 Å². The van der Waals surface area contributed by atoms with Crippen LogP contribution in [-0.4, -0.2) is 61.9 Å². The van der Waals surface area contributed by atoms with Crippen LogP contribution in [0.15, 0.2) is 110 Å². The zero-order chi connectivity index (χ0) is 36.9. The molecule has 0 unspecified atom stereocenters. The zero-order valence-electron chi connectivity index (χ0n) is 25.5. The first-order valence-electron chi connectivity index (χ1n) is 14.3. The van der Waals surface area contributed by atoms with Gasteiger partial charge in [0.05, 0.1) is 16.3 Å². The van der Waals surface area contributed by atoms with Crippen LogP contribution in [0.3, 0.4) is 0 Å². The molecule has 0 atom stereocenters. The summed E-state index contributed by atoms with van der Waals surface area (Å²) in [6.07, 6.45) is 1.97. The van der Waals surface area contributed by atoms with Crippen molar-refractivity contribution in [3.63, 3.8) is 0 Å². The molecule has 0 fully saturated rings. The highest BCUT2D eigenvalue weighted by molar-refractivity contribution is 7.91. The van der Waals surface area contributed by atoms with E-state index in [4.69, 9.17) is 5.73 Å². The zero-order valence-corrected chi connectivity index (χ0v) is 28.0. The molecule has 0 aliphatic heterocycles. The van der Waals surface area contributed by atoms with Crippen molar-refractivity contribution in [1.82, 2.24) is 0 Å². The molecule has 0 amide bonds. The van der Waals surface area contributed by atoms with Crippen LogP contribution in [-0.2, 0) is 30.4 Å². The molecule has 0 radical (unpaired) electrons. The molecule has 0 saturated heterocycles. The van der Waals surface area contributed by atoms with Crippen LogP contribution in [0.1, 0.15) is 31.8 Å². The average molecular weight is 750 g/mol. The third-order valence-corrected chi connectivity index (χ3v) is 10.2. The fourth-order valence-corrected chi connectivity index (χ4v) is 6.99. The number of carbonyl (C=O) groups excluding carboxylic acids is 2. The summed E-state index contributed by atoms with van der Waals surface area (Å²) in [5, 5.41) is 7.87. The number of hydrogen-bond acceptors (Lipinski definition) is 13. The molecule has 0 aromatic heterocycles. The van der Waals surface area contributed by atoms with Crippen molar-refractivity contribution < 1.29 is 48.5 Å². The molecule has 0 spiro atoms. The minimum atomic E-state index is -5.00. The molecule has 2 aliphatic rings. The second-order valence-electron chi connectivity index (χ2n) is 11.0. The number of nitrogens with one attached hydrogen (secondary N) is 2. The highest BCUT2D eigenvalue weighted by atomic mass is 32.2. The molecule has 16 nitrogen and oxygen atoms in total. The summed E-state index contributed by atoms with van der Waals surface area (Å²) >= 11 is 0. The van der Waals surface area contributed by atoms with Gasteiger partial charge in [0.15, 0.2) is 11.4 Å². The maximum atomic E-state index is 13.1. The molecule has 7 N–H and O–H groups in total. The first-order chi connectivity index (χ1) is 23.9. The van der Waals surface area contributed by atoms with Crippen molar-refractivity contribution >= 4 is 82.6 Å². The smallest absolute Gasteiger partial charge is 0.296 e. The van der Waals surface area contributed by atoms with Crippen LogP contribution >= 0.6 is 0 Å². The number of anilines is 3. The summed E-state index contributed by atoms with van der Waals surface area (Å²) in [5.41, 5.74) is 12.2. The van der Waals surface area contributed by atoms with Crippen LogP contribution in [0.5, 0.6) is 0 Å². The molecular weight excluding hydrogens is 727 g/mol. The van der Waals surface area contributed by atoms with Gasteiger partial charge >= 0.3 is 0 Å². The molecule has 51 heavy (non-hydrogen) atoms. The van der Waals surface area contributed by atoms with E-state index in [1.165, 1.54) is 18.2 Å². The summed E-state index contributed by atoms with van der Waals surface area (Å²) in [4.78, 5) is 24.0. The van der Waals surface area contributed by atoms with Gasteiger partial charge in [-0.2, -0.15) is 35.5 Å². The van der Waals surface area contributed by atoms with Crippen LogP contribution in [0.4, 0.5) is 17.1 Å².